The fraction of sp³-hybridized carbons (Fsp3) is 0.385. The van der Waals surface area contributed by atoms with Crippen LogP contribution >= 0.6 is 0 Å². The van der Waals surface area contributed by atoms with E-state index < -0.39 is 10.7 Å². The van der Waals surface area contributed by atoms with Crippen molar-refractivity contribution in [1.29, 1.82) is 0 Å². The van der Waals surface area contributed by atoms with Crippen LogP contribution in [0.4, 0.5) is 10.1 Å². The minimum absolute atomic E-state index is 0.140. The number of aromatic nitrogens is 3. The van der Waals surface area contributed by atoms with Crippen molar-refractivity contribution >= 4 is 5.69 Å². The number of non-ortho nitro benzene ring substituents is 1. The summed E-state index contributed by atoms with van der Waals surface area (Å²) in [5.41, 5.74) is 0.553. The van der Waals surface area contributed by atoms with Gasteiger partial charge < -0.3 is 5.32 Å². The zero-order valence-electron chi connectivity index (χ0n) is 11.2. The molecule has 7 nitrogen and oxygen atoms in total. The quantitative estimate of drug-likeness (QED) is 0.648. The molecule has 0 amide bonds. The molecule has 110 valence electrons. The Morgan fingerprint density at radius 1 is 1.48 bits per heavy atom. The van der Waals surface area contributed by atoms with Gasteiger partial charge in [0.1, 0.15) is 5.69 Å². The van der Waals surface area contributed by atoms with Crippen LogP contribution in [-0.2, 0) is 6.54 Å². The molecular formula is C13H14FN5O2. The minimum atomic E-state index is -0.702. The monoisotopic (exact) mass is 291 g/mol. The Morgan fingerprint density at radius 2 is 2.29 bits per heavy atom. The third-order valence-corrected chi connectivity index (χ3v) is 3.37. The standard InChI is InChI=1S/C13H14FN5O2/c14-12-5-11(19(20)21)3-4-13(12)18-8-10(16-17-18)7-15-6-9-1-2-9/h3-5,8-9,15H,1-2,6-7H2. The van der Waals surface area contributed by atoms with Gasteiger partial charge in [0.05, 0.1) is 22.9 Å². The lowest BCUT2D eigenvalue weighted by Gasteiger charge is -2.01. The highest BCUT2D eigenvalue weighted by Crippen LogP contribution is 2.27. The van der Waals surface area contributed by atoms with E-state index in [1.54, 1.807) is 6.20 Å². The number of nitro benzene ring substituents is 1. The molecule has 3 rings (SSSR count). The molecule has 1 fully saturated rings. The highest BCUT2D eigenvalue weighted by Gasteiger charge is 2.20. The first kappa shape index (κ1) is 13.6. The predicted octanol–water partition coefficient (Wildman–Crippen LogP) is 1.81. The van der Waals surface area contributed by atoms with Gasteiger partial charge in [-0.15, -0.1) is 5.10 Å². The van der Waals surface area contributed by atoms with Crippen LogP contribution in [0.1, 0.15) is 18.5 Å². The second kappa shape index (κ2) is 5.57. The average molecular weight is 291 g/mol. The minimum Gasteiger partial charge on any atom is -0.311 e. The van der Waals surface area contributed by atoms with Crippen LogP contribution in [0, 0.1) is 21.8 Å². The van der Waals surface area contributed by atoms with Crippen molar-refractivity contribution in [2.45, 2.75) is 19.4 Å². The molecule has 0 aliphatic heterocycles. The van der Waals surface area contributed by atoms with Crippen molar-refractivity contribution < 1.29 is 9.31 Å². The molecule has 21 heavy (non-hydrogen) atoms. The third-order valence-electron chi connectivity index (χ3n) is 3.37. The van der Waals surface area contributed by atoms with Crippen molar-refractivity contribution in [2.24, 2.45) is 5.92 Å². The second-order valence-corrected chi connectivity index (χ2v) is 5.12. The summed E-state index contributed by atoms with van der Waals surface area (Å²) in [5.74, 6) is 0.0683. The summed E-state index contributed by atoms with van der Waals surface area (Å²) in [6, 6.07) is 3.44. The molecule has 0 atom stereocenters. The zero-order valence-corrected chi connectivity index (χ0v) is 11.2. The molecule has 8 heteroatoms. The summed E-state index contributed by atoms with van der Waals surface area (Å²) < 4.78 is 15.1. The number of hydrogen-bond donors (Lipinski definition) is 1. The number of rotatable bonds is 6. The fourth-order valence-electron chi connectivity index (χ4n) is 2.02. The SMILES string of the molecule is O=[N+]([O-])c1ccc(-n2cc(CNCC3CC3)nn2)c(F)c1. The third kappa shape index (κ3) is 3.22. The summed E-state index contributed by atoms with van der Waals surface area (Å²) in [4.78, 5) is 9.94. The van der Waals surface area contributed by atoms with Crippen LogP contribution in [0.15, 0.2) is 24.4 Å². The van der Waals surface area contributed by atoms with Crippen molar-refractivity contribution in [3.63, 3.8) is 0 Å². The van der Waals surface area contributed by atoms with Crippen LogP contribution in [-0.4, -0.2) is 26.5 Å². The zero-order chi connectivity index (χ0) is 14.8. The van der Waals surface area contributed by atoms with Crippen LogP contribution in [0.2, 0.25) is 0 Å². The predicted molar refractivity (Wildman–Crippen MR) is 72.4 cm³/mol. The summed E-state index contributed by atoms with van der Waals surface area (Å²) in [6.45, 7) is 1.53. The van der Waals surface area contributed by atoms with E-state index in [-0.39, 0.29) is 11.4 Å². The van der Waals surface area contributed by atoms with E-state index in [4.69, 9.17) is 0 Å². The lowest BCUT2D eigenvalue weighted by molar-refractivity contribution is -0.385. The van der Waals surface area contributed by atoms with E-state index in [0.29, 0.717) is 12.2 Å². The van der Waals surface area contributed by atoms with Crippen molar-refractivity contribution in [3.05, 3.63) is 46.0 Å². The Balaban J connectivity index is 1.71. The maximum absolute atomic E-state index is 13.9. The molecule has 1 N–H and O–H groups in total. The number of benzene rings is 1. The number of nitrogens with zero attached hydrogens (tertiary/aromatic N) is 4. The number of halogens is 1. The normalized spacial score (nSPS) is 14.3. The number of nitro groups is 1. The van der Waals surface area contributed by atoms with Crippen LogP contribution in [0.3, 0.4) is 0 Å². The molecule has 0 bridgehead atoms. The smallest absolute Gasteiger partial charge is 0.272 e. The average Bonchev–Trinajstić information content (AvgIpc) is 3.16. The molecule has 1 aliphatic carbocycles. The maximum Gasteiger partial charge on any atom is 0.272 e. The van der Waals surface area contributed by atoms with Gasteiger partial charge in [-0.1, -0.05) is 5.21 Å². The highest BCUT2D eigenvalue weighted by atomic mass is 19.1. The lowest BCUT2D eigenvalue weighted by atomic mass is 10.2. The topological polar surface area (TPSA) is 85.9 Å². The Hall–Kier alpha value is -2.35. The molecule has 0 unspecified atom stereocenters. The number of hydrogen-bond acceptors (Lipinski definition) is 5. The van der Waals surface area contributed by atoms with E-state index in [0.717, 1.165) is 18.5 Å². The molecule has 1 aromatic carbocycles. The van der Waals surface area contributed by atoms with Gasteiger partial charge in [0.15, 0.2) is 5.82 Å². The molecule has 1 aromatic heterocycles. The number of nitrogens with one attached hydrogen (secondary N) is 1. The summed E-state index contributed by atoms with van der Waals surface area (Å²) in [6.07, 6.45) is 4.16. The summed E-state index contributed by atoms with van der Waals surface area (Å²) in [7, 11) is 0. The van der Waals surface area contributed by atoms with Gasteiger partial charge in [0.25, 0.3) is 5.69 Å². The lowest BCUT2D eigenvalue weighted by Crippen LogP contribution is -2.16. The van der Waals surface area contributed by atoms with Crippen molar-refractivity contribution in [2.75, 3.05) is 6.54 Å². The van der Waals surface area contributed by atoms with Gasteiger partial charge in [-0.3, -0.25) is 10.1 Å². The van der Waals surface area contributed by atoms with Crippen LogP contribution in [0.5, 0.6) is 0 Å². The Bertz CT molecular complexity index is 668. The van der Waals surface area contributed by atoms with Gasteiger partial charge >= 0.3 is 0 Å². The highest BCUT2D eigenvalue weighted by molar-refractivity contribution is 5.41. The van der Waals surface area contributed by atoms with Gasteiger partial charge in [-0.05, 0) is 31.4 Å². The molecule has 0 spiro atoms. The maximum atomic E-state index is 13.9. The van der Waals surface area contributed by atoms with E-state index in [2.05, 4.69) is 15.6 Å². The van der Waals surface area contributed by atoms with Gasteiger partial charge in [-0.25, -0.2) is 9.07 Å². The molecule has 2 aromatic rings. The first-order chi connectivity index (χ1) is 10.1. The van der Waals surface area contributed by atoms with Crippen molar-refractivity contribution in [3.8, 4) is 5.69 Å². The second-order valence-electron chi connectivity index (χ2n) is 5.12. The first-order valence-corrected chi connectivity index (χ1v) is 6.70. The summed E-state index contributed by atoms with van der Waals surface area (Å²) in [5, 5.41) is 21.7. The molecule has 0 radical (unpaired) electrons. The summed E-state index contributed by atoms with van der Waals surface area (Å²) >= 11 is 0. The van der Waals surface area contributed by atoms with Crippen LogP contribution < -0.4 is 5.32 Å². The van der Waals surface area contributed by atoms with Gasteiger partial charge in [0, 0.05) is 12.6 Å². The Morgan fingerprint density at radius 3 is 2.95 bits per heavy atom. The van der Waals surface area contributed by atoms with E-state index in [9.17, 15) is 14.5 Å². The van der Waals surface area contributed by atoms with Gasteiger partial charge in [0.2, 0.25) is 0 Å². The largest absolute Gasteiger partial charge is 0.311 e. The Labute approximate surface area is 119 Å². The van der Waals surface area contributed by atoms with E-state index in [1.165, 1.54) is 29.7 Å². The van der Waals surface area contributed by atoms with Crippen molar-refractivity contribution in [1.82, 2.24) is 20.3 Å². The molecule has 1 aliphatic rings. The molecule has 1 heterocycles. The first-order valence-electron chi connectivity index (χ1n) is 6.70. The molecule has 0 saturated heterocycles. The van der Waals surface area contributed by atoms with E-state index >= 15 is 0 Å². The molecular weight excluding hydrogens is 277 g/mol. The molecule has 1 saturated carbocycles. The van der Waals surface area contributed by atoms with Gasteiger partial charge in [-0.2, -0.15) is 0 Å². The van der Waals surface area contributed by atoms with Crippen LogP contribution in [0.25, 0.3) is 5.69 Å². The van der Waals surface area contributed by atoms with E-state index in [1.807, 2.05) is 0 Å². The fourth-order valence-corrected chi connectivity index (χ4v) is 2.02. The Kier molecular flexibility index (Phi) is 3.61.